The first kappa shape index (κ1) is 14.9. The van der Waals surface area contributed by atoms with Crippen molar-refractivity contribution in [3.8, 4) is 0 Å². The molecule has 0 radical (unpaired) electrons. The first-order valence-electron chi connectivity index (χ1n) is 6.40. The van der Waals surface area contributed by atoms with Crippen LogP contribution in [0.25, 0.3) is 11.0 Å². The molecule has 0 aliphatic carbocycles. The minimum absolute atomic E-state index is 0.307. The maximum absolute atomic E-state index is 13.7. The summed E-state index contributed by atoms with van der Waals surface area (Å²) in [6, 6.07) is 3.22. The predicted octanol–water partition coefficient (Wildman–Crippen LogP) is 4.53. The number of halogens is 3. The molecule has 0 amide bonds. The number of nitrogens with zero attached hydrogens (tertiary/aromatic N) is 3. The lowest BCUT2D eigenvalue weighted by Gasteiger charge is -2.07. The summed E-state index contributed by atoms with van der Waals surface area (Å²) in [4.78, 5) is 9.92. The average molecular weight is 389 g/mol. The van der Waals surface area contributed by atoms with Crippen LogP contribution in [-0.2, 0) is 13.0 Å². The smallest absolute Gasteiger partial charge is 0.139 e. The number of imidazole rings is 1. The fourth-order valence-electron chi connectivity index (χ4n) is 2.26. The van der Waals surface area contributed by atoms with E-state index in [1.165, 1.54) is 6.07 Å². The third-order valence-electron chi connectivity index (χ3n) is 3.17. The van der Waals surface area contributed by atoms with E-state index >= 15 is 0 Å². The predicted molar refractivity (Wildman–Crippen MR) is 87.8 cm³/mol. The van der Waals surface area contributed by atoms with Crippen molar-refractivity contribution < 1.29 is 4.39 Å². The largest absolute Gasteiger partial charge is 0.323 e. The molecule has 0 unspecified atom stereocenters. The quantitative estimate of drug-likeness (QED) is 0.615. The highest BCUT2D eigenvalue weighted by molar-refractivity contribution is 9.10. The van der Waals surface area contributed by atoms with Gasteiger partial charge in [-0.3, -0.25) is 0 Å². The van der Waals surface area contributed by atoms with Crippen molar-refractivity contribution in [1.82, 2.24) is 14.5 Å². The Bertz CT molecular complexity index is 799. The normalized spacial score (nSPS) is 11.4. The Kier molecular flexibility index (Phi) is 4.28. The molecule has 0 aliphatic heterocycles. The number of aromatic nitrogens is 3. The first-order valence-corrected chi connectivity index (χ1v) is 8.54. The van der Waals surface area contributed by atoms with E-state index in [-0.39, 0.29) is 5.82 Å². The van der Waals surface area contributed by atoms with Crippen molar-refractivity contribution in [3.05, 3.63) is 44.3 Å². The fraction of sp³-hybridized carbons (Fsp3) is 0.286. The van der Waals surface area contributed by atoms with Gasteiger partial charge >= 0.3 is 0 Å². The standard InChI is InChI=1S/C14H12BrClFN3S/c1-8-18-6-9(21-8)7-20-13-4-10(15)11(17)5-12(13)19-14(20)2-3-16/h4-6H,2-3,7H2,1H3. The van der Waals surface area contributed by atoms with Gasteiger partial charge in [0.2, 0.25) is 0 Å². The molecule has 3 nitrogen and oxygen atoms in total. The van der Waals surface area contributed by atoms with E-state index < -0.39 is 0 Å². The summed E-state index contributed by atoms with van der Waals surface area (Å²) in [5, 5.41) is 1.03. The van der Waals surface area contributed by atoms with Gasteiger partial charge < -0.3 is 4.57 Å². The van der Waals surface area contributed by atoms with Gasteiger partial charge in [-0.25, -0.2) is 14.4 Å². The van der Waals surface area contributed by atoms with E-state index in [2.05, 4.69) is 30.5 Å². The zero-order chi connectivity index (χ0) is 15.0. The molecule has 110 valence electrons. The lowest BCUT2D eigenvalue weighted by Crippen LogP contribution is -2.05. The number of hydrogen-bond acceptors (Lipinski definition) is 3. The monoisotopic (exact) mass is 387 g/mol. The molecule has 2 heterocycles. The molecule has 0 aliphatic rings. The maximum atomic E-state index is 13.7. The molecule has 7 heteroatoms. The Labute approximate surface area is 138 Å². The molecule has 21 heavy (non-hydrogen) atoms. The average Bonchev–Trinajstić information content (AvgIpc) is 2.97. The third-order valence-corrected chi connectivity index (χ3v) is 4.86. The number of rotatable bonds is 4. The van der Waals surface area contributed by atoms with E-state index in [0.29, 0.717) is 28.8 Å². The van der Waals surface area contributed by atoms with Gasteiger partial charge in [0.25, 0.3) is 0 Å². The van der Waals surface area contributed by atoms with Crippen LogP contribution < -0.4 is 0 Å². The van der Waals surface area contributed by atoms with E-state index in [0.717, 1.165) is 21.2 Å². The zero-order valence-corrected chi connectivity index (χ0v) is 14.4. The van der Waals surface area contributed by atoms with E-state index in [4.69, 9.17) is 11.6 Å². The topological polar surface area (TPSA) is 30.7 Å². The molecule has 2 aromatic heterocycles. The van der Waals surface area contributed by atoms with Crippen LogP contribution >= 0.6 is 38.9 Å². The van der Waals surface area contributed by atoms with Gasteiger partial charge in [0.05, 0.1) is 27.1 Å². The second-order valence-electron chi connectivity index (χ2n) is 4.65. The van der Waals surface area contributed by atoms with Crippen LogP contribution in [-0.4, -0.2) is 20.4 Å². The third kappa shape index (κ3) is 2.98. The van der Waals surface area contributed by atoms with Gasteiger partial charge in [-0.1, -0.05) is 0 Å². The number of fused-ring (bicyclic) bond motifs is 1. The van der Waals surface area contributed by atoms with Crippen LogP contribution in [0.15, 0.2) is 22.8 Å². The Morgan fingerprint density at radius 3 is 2.90 bits per heavy atom. The number of alkyl halides is 1. The molecular formula is C14H12BrClFN3S. The van der Waals surface area contributed by atoms with Crippen LogP contribution in [0.4, 0.5) is 4.39 Å². The van der Waals surface area contributed by atoms with Crippen molar-refractivity contribution in [1.29, 1.82) is 0 Å². The number of thiazole rings is 1. The summed E-state index contributed by atoms with van der Waals surface area (Å²) in [6.07, 6.45) is 2.52. The molecule has 0 bridgehead atoms. The first-order chi connectivity index (χ1) is 10.1. The molecule has 0 fully saturated rings. The van der Waals surface area contributed by atoms with Crippen LogP contribution in [0.1, 0.15) is 15.7 Å². The molecule has 0 N–H and O–H groups in total. The van der Waals surface area contributed by atoms with Crippen molar-refractivity contribution in [2.45, 2.75) is 19.9 Å². The summed E-state index contributed by atoms with van der Waals surface area (Å²) in [5.74, 6) is 1.04. The minimum atomic E-state index is -0.307. The molecule has 0 saturated heterocycles. The highest BCUT2D eigenvalue weighted by Gasteiger charge is 2.14. The second-order valence-corrected chi connectivity index (χ2v) is 7.21. The molecular weight excluding hydrogens is 377 g/mol. The molecule has 0 atom stereocenters. The van der Waals surface area contributed by atoms with Gasteiger partial charge in [-0.15, -0.1) is 22.9 Å². The molecule has 0 saturated carbocycles. The van der Waals surface area contributed by atoms with Crippen LogP contribution in [0, 0.1) is 12.7 Å². The van der Waals surface area contributed by atoms with Crippen LogP contribution in [0.5, 0.6) is 0 Å². The summed E-state index contributed by atoms with van der Waals surface area (Å²) in [6.45, 7) is 2.65. The second kappa shape index (κ2) is 6.02. The SMILES string of the molecule is Cc1ncc(Cn2c(CCCl)nc3cc(F)c(Br)cc32)s1. The van der Waals surface area contributed by atoms with Crippen LogP contribution in [0.2, 0.25) is 0 Å². The van der Waals surface area contributed by atoms with Gasteiger partial charge in [0, 0.05) is 29.4 Å². The summed E-state index contributed by atoms with van der Waals surface area (Å²) < 4.78 is 16.2. The Balaban J connectivity index is 2.12. The van der Waals surface area contributed by atoms with Gasteiger partial charge in [-0.2, -0.15) is 0 Å². The van der Waals surface area contributed by atoms with Crippen molar-refractivity contribution in [2.75, 3.05) is 5.88 Å². The van der Waals surface area contributed by atoms with Gasteiger partial charge in [-0.05, 0) is 28.9 Å². The maximum Gasteiger partial charge on any atom is 0.139 e. The van der Waals surface area contributed by atoms with Crippen molar-refractivity contribution in [2.24, 2.45) is 0 Å². The highest BCUT2D eigenvalue weighted by atomic mass is 79.9. The van der Waals surface area contributed by atoms with E-state index in [1.807, 2.05) is 13.1 Å². The van der Waals surface area contributed by atoms with E-state index in [9.17, 15) is 4.39 Å². The number of hydrogen-bond donors (Lipinski definition) is 0. The Morgan fingerprint density at radius 2 is 2.24 bits per heavy atom. The highest BCUT2D eigenvalue weighted by Crippen LogP contribution is 2.26. The summed E-state index contributed by atoms with van der Waals surface area (Å²) in [5.41, 5.74) is 1.55. The zero-order valence-electron chi connectivity index (χ0n) is 11.2. The van der Waals surface area contributed by atoms with Gasteiger partial charge in [0.15, 0.2) is 0 Å². The minimum Gasteiger partial charge on any atom is -0.323 e. The Morgan fingerprint density at radius 1 is 1.43 bits per heavy atom. The molecule has 3 aromatic rings. The summed E-state index contributed by atoms with van der Waals surface area (Å²) in [7, 11) is 0. The number of benzene rings is 1. The molecule has 1 aromatic carbocycles. The van der Waals surface area contributed by atoms with E-state index in [1.54, 1.807) is 17.4 Å². The van der Waals surface area contributed by atoms with Crippen LogP contribution in [0.3, 0.4) is 0 Å². The fourth-order valence-corrected chi connectivity index (χ4v) is 3.54. The lowest BCUT2D eigenvalue weighted by molar-refractivity contribution is 0.622. The van der Waals surface area contributed by atoms with Crippen molar-refractivity contribution >= 4 is 49.9 Å². The van der Waals surface area contributed by atoms with Crippen molar-refractivity contribution in [3.63, 3.8) is 0 Å². The Hall–Kier alpha value is -0.980. The lowest BCUT2D eigenvalue weighted by atomic mass is 10.3. The summed E-state index contributed by atoms with van der Waals surface area (Å²) >= 11 is 10.7. The van der Waals surface area contributed by atoms with Gasteiger partial charge in [0.1, 0.15) is 11.6 Å². The molecule has 3 rings (SSSR count). The number of aryl methyl sites for hydroxylation is 2. The molecule has 0 spiro atoms.